The third-order valence-electron chi connectivity index (χ3n) is 1.63. The van der Waals surface area contributed by atoms with Gasteiger partial charge in [0, 0.05) is 13.1 Å². The quantitative estimate of drug-likeness (QED) is 0.599. The van der Waals surface area contributed by atoms with Gasteiger partial charge in [0.25, 0.3) is 0 Å². The van der Waals surface area contributed by atoms with Crippen molar-refractivity contribution in [2.45, 2.75) is 18.4 Å². The van der Waals surface area contributed by atoms with E-state index in [0.29, 0.717) is 0 Å². The van der Waals surface area contributed by atoms with Gasteiger partial charge in [0.1, 0.15) is 0 Å². The van der Waals surface area contributed by atoms with Gasteiger partial charge in [0.05, 0.1) is 12.7 Å². The highest BCUT2D eigenvalue weighted by atomic mass is 19.4. The maximum Gasteiger partial charge on any atom is 0.415 e. The number of aliphatic hydroxyl groups is 1. The van der Waals surface area contributed by atoms with E-state index in [1.165, 1.54) is 0 Å². The fraction of sp³-hybridized carbons (Fsp3) is 1.00. The van der Waals surface area contributed by atoms with Crippen molar-refractivity contribution >= 4 is 0 Å². The molecule has 0 spiro atoms. The zero-order valence-electron chi connectivity index (χ0n) is 6.27. The number of ether oxygens (including phenoxy) is 1. The van der Waals surface area contributed by atoms with Crippen LogP contribution in [0.5, 0.6) is 0 Å². The van der Waals surface area contributed by atoms with Gasteiger partial charge < -0.3 is 15.2 Å². The Kier molecular flexibility index (Phi) is 2.92. The number of alkyl halides is 3. The summed E-state index contributed by atoms with van der Waals surface area (Å²) in [5.41, 5.74) is 0. The average Bonchev–Trinajstić information content (AvgIpc) is 2.03. The van der Waals surface area contributed by atoms with Gasteiger partial charge in [0.15, 0.2) is 6.10 Å². The van der Waals surface area contributed by atoms with Gasteiger partial charge in [-0.3, -0.25) is 0 Å². The molecule has 12 heavy (non-hydrogen) atoms. The topological polar surface area (TPSA) is 41.5 Å². The van der Waals surface area contributed by atoms with Crippen LogP contribution < -0.4 is 5.32 Å². The Bertz CT molecular complexity index is 150. The van der Waals surface area contributed by atoms with Crippen molar-refractivity contribution < 1.29 is 23.0 Å². The number of nitrogens with one attached hydrogen (secondary N) is 1. The van der Waals surface area contributed by atoms with Crippen molar-refractivity contribution in [2.75, 3.05) is 19.7 Å². The molecule has 2 N–H and O–H groups in total. The Morgan fingerprint density at radius 2 is 2.08 bits per heavy atom. The molecule has 0 radical (unpaired) electrons. The molecule has 0 bridgehead atoms. The molecular formula is C6H10F3NO2. The summed E-state index contributed by atoms with van der Waals surface area (Å²) in [5.74, 6) is 0. The lowest BCUT2D eigenvalue weighted by atomic mass is 10.2. The lowest BCUT2D eigenvalue weighted by Gasteiger charge is -2.30. The van der Waals surface area contributed by atoms with Crippen LogP contribution in [-0.2, 0) is 4.74 Å². The molecule has 0 unspecified atom stereocenters. The van der Waals surface area contributed by atoms with E-state index in [1.54, 1.807) is 0 Å². The number of rotatable bonds is 1. The first-order chi connectivity index (χ1) is 5.54. The Balaban J connectivity index is 2.46. The molecule has 72 valence electrons. The monoisotopic (exact) mass is 185 g/mol. The molecule has 3 nitrogen and oxygen atoms in total. The molecule has 0 amide bonds. The van der Waals surface area contributed by atoms with Gasteiger partial charge in [-0.15, -0.1) is 0 Å². The van der Waals surface area contributed by atoms with E-state index in [4.69, 9.17) is 5.11 Å². The SMILES string of the molecule is OC[C@H]1CNC[C@@H](C(F)(F)F)O1. The first kappa shape index (κ1) is 9.76. The highest BCUT2D eigenvalue weighted by molar-refractivity contribution is 4.78. The van der Waals surface area contributed by atoms with Crippen LogP contribution in [0.2, 0.25) is 0 Å². The molecule has 0 saturated carbocycles. The smallest absolute Gasteiger partial charge is 0.394 e. The maximum atomic E-state index is 12.0. The van der Waals surface area contributed by atoms with Crippen molar-refractivity contribution in [3.63, 3.8) is 0 Å². The Morgan fingerprint density at radius 1 is 1.42 bits per heavy atom. The van der Waals surface area contributed by atoms with Gasteiger partial charge in [-0.2, -0.15) is 13.2 Å². The van der Waals surface area contributed by atoms with Gasteiger partial charge in [-0.05, 0) is 0 Å². The number of morpholine rings is 1. The second kappa shape index (κ2) is 3.59. The van der Waals surface area contributed by atoms with E-state index in [0.717, 1.165) is 0 Å². The molecule has 0 aromatic carbocycles. The van der Waals surface area contributed by atoms with Crippen LogP contribution in [0.15, 0.2) is 0 Å². The second-order valence-corrected chi connectivity index (χ2v) is 2.63. The van der Waals surface area contributed by atoms with Crippen LogP contribution in [0.25, 0.3) is 0 Å². The normalized spacial score (nSPS) is 32.0. The maximum absolute atomic E-state index is 12.0. The molecular weight excluding hydrogens is 175 g/mol. The molecule has 0 aliphatic carbocycles. The Labute approximate surface area is 67.5 Å². The van der Waals surface area contributed by atoms with Crippen molar-refractivity contribution in [3.05, 3.63) is 0 Å². The predicted molar refractivity (Wildman–Crippen MR) is 34.7 cm³/mol. The summed E-state index contributed by atoms with van der Waals surface area (Å²) < 4.78 is 40.6. The Morgan fingerprint density at radius 3 is 2.58 bits per heavy atom. The third-order valence-corrected chi connectivity index (χ3v) is 1.63. The van der Waals surface area contributed by atoms with E-state index in [9.17, 15) is 13.2 Å². The van der Waals surface area contributed by atoms with E-state index in [1.807, 2.05) is 0 Å². The van der Waals surface area contributed by atoms with Gasteiger partial charge in [-0.25, -0.2) is 0 Å². The van der Waals surface area contributed by atoms with Crippen molar-refractivity contribution in [2.24, 2.45) is 0 Å². The van der Waals surface area contributed by atoms with E-state index in [-0.39, 0.29) is 19.7 Å². The first-order valence-electron chi connectivity index (χ1n) is 3.58. The van der Waals surface area contributed by atoms with E-state index < -0.39 is 18.4 Å². The fourth-order valence-corrected chi connectivity index (χ4v) is 1.00. The molecule has 6 heteroatoms. The molecule has 0 aromatic heterocycles. The highest BCUT2D eigenvalue weighted by Crippen LogP contribution is 2.24. The molecule has 1 saturated heterocycles. The summed E-state index contributed by atoms with van der Waals surface area (Å²) in [7, 11) is 0. The summed E-state index contributed by atoms with van der Waals surface area (Å²) in [6.45, 7) is -0.358. The molecule has 1 aliphatic rings. The zero-order chi connectivity index (χ0) is 9.19. The van der Waals surface area contributed by atoms with E-state index >= 15 is 0 Å². The zero-order valence-corrected chi connectivity index (χ0v) is 6.27. The lowest BCUT2D eigenvalue weighted by molar-refractivity contribution is -0.242. The first-order valence-corrected chi connectivity index (χ1v) is 3.58. The fourth-order valence-electron chi connectivity index (χ4n) is 1.00. The number of hydrogen-bond acceptors (Lipinski definition) is 3. The largest absolute Gasteiger partial charge is 0.415 e. The molecule has 1 heterocycles. The second-order valence-electron chi connectivity index (χ2n) is 2.63. The summed E-state index contributed by atoms with van der Waals surface area (Å²) in [6, 6.07) is 0. The molecule has 2 atom stereocenters. The summed E-state index contributed by atoms with van der Waals surface area (Å²) in [4.78, 5) is 0. The highest BCUT2D eigenvalue weighted by Gasteiger charge is 2.43. The van der Waals surface area contributed by atoms with Crippen molar-refractivity contribution in [1.82, 2.24) is 5.32 Å². The van der Waals surface area contributed by atoms with Gasteiger partial charge >= 0.3 is 6.18 Å². The summed E-state index contributed by atoms with van der Waals surface area (Å²) >= 11 is 0. The minimum absolute atomic E-state index is 0.236. The minimum Gasteiger partial charge on any atom is -0.394 e. The van der Waals surface area contributed by atoms with Crippen LogP contribution >= 0.6 is 0 Å². The van der Waals surface area contributed by atoms with Crippen molar-refractivity contribution in [1.29, 1.82) is 0 Å². The lowest BCUT2D eigenvalue weighted by Crippen LogP contribution is -2.52. The van der Waals surface area contributed by atoms with Gasteiger partial charge in [0.2, 0.25) is 0 Å². The molecule has 0 aromatic rings. The number of hydrogen-bond donors (Lipinski definition) is 2. The Hall–Kier alpha value is -0.330. The molecule has 1 aliphatic heterocycles. The third kappa shape index (κ3) is 2.33. The van der Waals surface area contributed by atoms with Gasteiger partial charge in [-0.1, -0.05) is 0 Å². The standard InChI is InChI=1S/C6H10F3NO2/c7-6(8,9)5-2-10-1-4(3-11)12-5/h4-5,10-11H,1-3H2/t4-,5+/m1/s1. The average molecular weight is 185 g/mol. The molecule has 1 rings (SSSR count). The predicted octanol–water partition coefficient (Wildman–Crippen LogP) is -0.102. The van der Waals surface area contributed by atoms with Crippen LogP contribution in [0.3, 0.4) is 0 Å². The van der Waals surface area contributed by atoms with Crippen LogP contribution in [0.4, 0.5) is 13.2 Å². The number of aliphatic hydroxyl groups excluding tert-OH is 1. The van der Waals surface area contributed by atoms with E-state index in [2.05, 4.69) is 10.1 Å². The summed E-state index contributed by atoms with van der Waals surface area (Å²) in [5, 5.41) is 11.1. The summed E-state index contributed by atoms with van der Waals surface area (Å²) in [6.07, 6.45) is -6.88. The van der Waals surface area contributed by atoms with Crippen molar-refractivity contribution in [3.8, 4) is 0 Å². The van der Waals surface area contributed by atoms with Crippen LogP contribution in [0.1, 0.15) is 0 Å². The van der Waals surface area contributed by atoms with Crippen LogP contribution in [-0.4, -0.2) is 43.2 Å². The number of halogens is 3. The minimum atomic E-state index is -4.35. The molecule has 1 fully saturated rings. The van der Waals surface area contributed by atoms with Crippen LogP contribution in [0, 0.1) is 0 Å².